The standard InChI is InChI=1S/C25H25ClN2O3S/c1-15-22-24(27-31-15)23-20(26)12-7-13-21(23)28(25(22)29)18-9-6-8-17(14-18)16(2)32(30)19-10-4-3-5-11-19/h3-5,7,10-13,16-18H,6,8-9,14H2,1-2H3. The fraction of sp³-hybridized carbons (Fsp3) is 0.360. The molecule has 2 heterocycles. The first-order valence-corrected chi connectivity index (χ1v) is 12.6. The van der Waals surface area contributed by atoms with Crippen molar-refractivity contribution in [2.45, 2.75) is 55.7 Å². The van der Waals surface area contributed by atoms with Crippen molar-refractivity contribution in [2.24, 2.45) is 5.92 Å². The molecule has 0 aliphatic heterocycles. The van der Waals surface area contributed by atoms with Gasteiger partial charge in [0.25, 0.3) is 5.56 Å². The summed E-state index contributed by atoms with van der Waals surface area (Å²) < 4.78 is 20.5. The van der Waals surface area contributed by atoms with Crippen LogP contribution in [0.15, 0.2) is 62.7 Å². The van der Waals surface area contributed by atoms with Gasteiger partial charge in [0, 0.05) is 21.6 Å². The smallest absolute Gasteiger partial charge is 0.264 e. The molecule has 0 bridgehead atoms. The van der Waals surface area contributed by atoms with Gasteiger partial charge in [-0.3, -0.25) is 9.00 Å². The lowest BCUT2D eigenvalue weighted by atomic mass is 9.83. The van der Waals surface area contributed by atoms with Gasteiger partial charge in [-0.15, -0.1) is 0 Å². The van der Waals surface area contributed by atoms with Crippen LogP contribution in [-0.4, -0.2) is 19.2 Å². The molecule has 0 amide bonds. The molecule has 1 saturated carbocycles. The summed E-state index contributed by atoms with van der Waals surface area (Å²) in [4.78, 5) is 14.5. The highest BCUT2D eigenvalue weighted by molar-refractivity contribution is 7.85. The van der Waals surface area contributed by atoms with E-state index in [-0.39, 0.29) is 22.8 Å². The molecule has 0 radical (unpaired) electrons. The largest absolute Gasteiger partial charge is 0.360 e. The van der Waals surface area contributed by atoms with E-state index in [0.717, 1.165) is 41.5 Å². The SMILES string of the molecule is Cc1onc2c1c(=O)n(C1CCCC(C(C)S(=O)c3ccccc3)C1)c1cccc(Cl)c21. The topological polar surface area (TPSA) is 65.1 Å². The van der Waals surface area contributed by atoms with E-state index in [1.807, 2.05) is 53.1 Å². The van der Waals surface area contributed by atoms with Crippen molar-refractivity contribution in [3.8, 4) is 0 Å². The van der Waals surface area contributed by atoms with Crippen LogP contribution in [0.2, 0.25) is 5.02 Å². The average molecular weight is 469 g/mol. The van der Waals surface area contributed by atoms with Crippen LogP contribution in [0.25, 0.3) is 21.8 Å². The molecule has 2 aromatic heterocycles. The molecule has 7 heteroatoms. The van der Waals surface area contributed by atoms with E-state index < -0.39 is 10.8 Å². The predicted octanol–water partition coefficient (Wildman–Crippen LogP) is 6.03. The lowest BCUT2D eigenvalue weighted by Crippen LogP contribution is -2.33. The number of aromatic nitrogens is 2. The Bertz CT molecular complexity index is 1380. The van der Waals surface area contributed by atoms with E-state index in [9.17, 15) is 9.00 Å². The molecule has 4 atom stereocenters. The second-order valence-electron chi connectivity index (χ2n) is 8.67. The van der Waals surface area contributed by atoms with Crippen molar-refractivity contribution in [1.29, 1.82) is 0 Å². The summed E-state index contributed by atoms with van der Waals surface area (Å²) in [7, 11) is -1.09. The van der Waals surface area contributed by atoms with Crippen molar-refractivity contribution in [3.05, 3.63) is 69.7 Å². The summed E-state index contributed by atoms with van der Waals surface area (Å²) in [6, 6.07) is 15.3. The van der Waals surface area contributed by atoms with Gasteiger partial charge < -0.3 is 9.09 Å². The van der Waals surface area contributed by atoms with E-state index in [2.05, 4.69) is 12.1 Å². The zero-order chi connectivity index (χ0) is 22.4. The molecule has 32 heavy (non-hydrogen) atoms. The summed E-state index contributed by atoms with van der Waals surface area (Å²) in [6.45, 7) is 3.83. The third-order valence-electron chi connectivity index (χ3n) is 6.81. The van der Waals surface area contributed by atoms with Gasteiger partial charge in [0.15, 0.2) is 0 Å². The summed E-state index contributed by atoms with van der Waals surface area (Å²) in [5, 5.41) is 5.95. The van der Waals surface area contributed by atoms with Gasteiger partial charge in [0.1, 0.15) is 16.7 Å². The molecule has 5 nitrogen and oxygen atoms in total. The first kappa shape index (κ1) is 21.4. The molecular formula is C25H25ClN2O3S. The summed E-state index contributed by atoms with van der Waals surface area (Å²) >= 11 is 6.56. The highest BCUT2D eigenvalue weighted by atomic mass is 35.5. The first-order valence-electron chi connectivity index (χ1n) is 11.0. The minimum atomic E-state index is -1.09. The Kier molecular flexibility index (Phi) is 5.68. The van der Waals surface area contributed by atoms with Crippen molar-refractivity contribution in [2.75, 3.05) is 0 Å². The number of fused-ring (bicyclic) bond motifs is 3. The number of aryl methyl sites for hydroxylation is 1. The number of rotatable bonds is 4. The summed E-state index contributed by atoms with van der Waals surface area (Å²) in [5.74, 6) is 0.765. The Labute approximate surface area is 193 Å². The normalized spacial score (nSPS) is 21.1. The number of hydrogen-bond donors (Lipinski definition) is 0. The van der Waals surface area contributed by atoms with Crippen LogP contribution in [0, 0.1) is 12.8 Å². The molecule has 4 unspecified atom stereocenters. The van der Waals surface area contributed by atoms with Crippen molar-refractivity contribution < 1.29 is 8.73 Å². The Balaban J connectivity index is 1.57. The van der Waals surface area contributed by atoms with Crippen LogP contribution in [0.4, 0.5) is 0 Å². The highest BCUT2D eigenvalue weighted by Gasteiger charge is 2.32. The minimum Gasteiger partial charge on any atom is -0.360 e. The molecule has 0 saturated heterocycles. The van der Waals surface area contributed by atoms with Gasteiger partial charge in [0.2, 0.25) is 0 Å². The van der Waals surface area contributed by atoms with Crippen molar-refractivity contribution in [3.63, 3.8) is 0 Å². The Hall–Kier alpha value is -2.44. The maximum absolute atomic E-state index is 13.6. The number of halogens is 1. The van der Waals surface area contributed by atoms with E-state index in [4.69, 9.17) is 16.1 Å². The third kappa shape index (κ3) is 3.50. The number of benzene rings is 2. The van der Waals surface area contributed by atoms with E-state index in [0.29, 0.717) is 21.7 Å². The zero-order valence-corrected chi connectivity index (χ0v) is 19.7. The number of pyridine rings is 1. The molecular weight excluding hydrogens is 444 g/mol. The van der Waals surface area contributed by atoms with E-state index >= 15 is 0 Å². The average Bonchev–Trinajstić information content (AvgIpc) is 3.20. The van der Waals surface area contributed by atoms with Crippen LogP contribution in [0.5, 0.6) is 0 Å². The molecule has 0 spiro atoms. The second-order valence-corrected chi connectivity index (χ2v) is 10.9. The third-order valence-corrected chi connectivity index (χ3v) is 8.92. The minimum absolute atomic E-state index is 0.00631. The fourth-order valence-electron chi connectivity index (χ4n) is 5.14. The van der Waals surface area contributed by atoms with Crippen LogP contribution in [0.1, 0.15) is 44.4 Å². The Morgan fingerprint density at radius 1 is 1.12 bits per heavy atom. The van der Waals surface area contributed by atoms with E-state index in [1.165, 1.54) is 0 Å². The molecule has 1 aliphatic rings. The first-order chi connectivity index (χ1) is 15.5. The van der Waals surface area contributed by atoms with Gasteiger partial charge in [-0.1, -0.05) is 54.4 Å². The zero-order valence-electron chi connectivity index (χ0n) is 18.1. The van der Waals surface area contributed by atoms with Gasteiger partial charge in [0.05, 0.1) is 21.3 Å². The predicted molar refractivity (Wildman–Crippen MR) is 129 cm³/mol. The van der Waals surface area contributed by atoms with Gasteiger partial charge in [-0.25, -0.2) is 0 Å². The number of nitrogens with zero attached hydrogens (tertiary/aromatic N) is 2. The van der Waals surface area contributed by atoms with Crippen molar-refractivity contribution in [1.82, 2.24) is 9.72 Å². The highest BCUT2D eigenvalue weighted by Crippen LogP contribution is 2.39. The van der Waals surface area contributed by atoms with Crippen LogP contribution in [-0.2, 0) is 10.8 Å². The summed E-state index contributed by atoms with van der Waals surface area (Å²) in [6.07, 6.45) is 3.70. The lowest BCUT2D eigenvalue weighted by molar-refractivity contribution is 0.265. The second kappa shape index (κ2) is 8.49. The molecule has 1 fully saturated rings. The van der Waals surface area contributed by atoms with Crippen LogP contribution < -0.4 is 5.56 Å². The quantitative estimate of drug-likeness (QED) is 0.366. The molecule has 166 valence electrons. The monoisotopic (exact) mass is 468 g/mol. The van der Waals surface area contributed by atoms with Crippen LogP contribution in [0.3, 0.4) is 0 Å². The summed E-state index contributed by atoms with van der Waals surface area (Å²) in [5.41, 5.74) is 1.22. The molecule has 5 rings (SSSR count). The molecule has 0 N–H and O–H groups in total. The fourth-order valence-corrected chi connectivity index (χ4v) is 6.85. The molecule has 1 aliphatic carbocycles. The van der Waals surface area contributed by atoms with Crippen molar-refractivity contribution >= 4 is 44.2 Å². The van der Waals surface area contributed by atoms with Gasteiger partial charge in [-0.2, -0.15) is 0 Å². The maximum Gasteiger partial charge on any atom is 0.264 e. The van der Waals surface area contributed by atoms with Gasteiger partial charge in [-0.05, 0) is 56.4 Å². The molecule has 2 aromatic carbocycles. The number of hydrogen-bond acceptors (Lipinski definition) is 4. The van der Waals surface area contributed by atoms with Gasteiger partial charge >= 0.3 is 0 Å². The molecule has 4 aromatic rings. The lowest BCUT2D eigenvalue weighted by Gasteiger charge is -2.34. The Morgan fingerprint density at radius 2 is 1.91 bits per heavy atom. The van der Waals surface area contributed by atoms with E-state index in [1.54, 1.807) is 6.92 Å². The van der Waals surface area contributed by atoms with Crippen LogP contribution >= 0.6 is 11.6 Å². The Morgan fingerprint density at radius 3 is 2.69 bits per heavy atom. The maximum atomic E-state index is 13.6.